The van der Waals surface area contributed by atoms with Crippen LogP contribution in [0.4, 0.5) is 0 Å². The van der Waals surface area contributed by atoms with Crippen molar-refractivity contribution in [2.24, 2.45) is 22.9 Å². The molecule has 6 heteroatoms. The number of carbonyl (C=O) groups is 2. The zero-order valence-corrected chi connectivity index (χ0v) is 16.1. The number of benzene rings is 1. The number of ether oxygens (including phenoxy) is 1. The standard InChI is InChI=1S/C21H23NO4S/c1-2-3-11-25-21-18-15(26-22-21)12-13-9-10-16(19(23)17(13)20(18)24)27-14-7-5-4-6-8-14/h4-8,10,13,15,17-18H,2-3,9,11-12H2,1H3. The van der Waals surface area contributed by atoms with Gasteiger partial charge in [-0.15, -0.1) is 0 Å². The zero-order chi connectivity index (χ0) is 18.8. The second-order valence-electron chi connectivity index (χ2n) is 7.21. The average Bonchev–Trinajstić information content (AvgIpc) is 3.08. The molecule has 1 fully saturated rings. The lowest BCUT2D eigenvalue weighted by Gasteiger charge is -2.37. The van der Waals surface area contributed by atoms with Crippen molar-refractivity contribution in [2.75, 3.05) is 6.61 Å². The molecular weight excluding hydrogens is 362 g/mol. The third-order valence-electron chi connectivity index (χ3n) is 5.39. The number of carbonyl (C=O) groups excluding carboxylic acids is 2. The van der Waals surface area contributed by atoms with Gasteiger partial charge < -0.3 is 9.57 Å². The second-order valence-corrected chi connectivity index (χ2v) is 8.33. The lowest BCUT2D eigenvalue weighted by molar-refractivity contribution is -0.141. The van der Waals surface area contributed by atoms with Gasteiger partial charge in [0.1, 0.15) is 12.0 Å². The number of nitrogens with zero attached hydrogens (tertiary/aromatic N) is 1. The number of rotatable bonds is 5. The number of ketones is 2. The molecule has 0 N–H and O–H groups in total. The first-order valence-corrected chi connectivity index (χ1v) is 10.4. The number of fused-ring (bicyclic) bond motifs is 2. The number of thioether (sulfide) groups is 1. The van der Waals surface area contributed by atoms with E-state index in [1.165, 1.54) is 11.8 Å². The maximum Gasteiger partial charge on any atom is 0.240 e. The van der Waals surface area contributed by atoms with Crippen LogP contribution in [0.25, 0.3) is 0 Å². The maximum absolute atomic E-state index is 13.2. The Morgan fingerprint density at radius 3 is 2.81 bits per heavy atom. The quantitative estimate of drug-likeness (QED) is 0.566. The van der Waals surface area contributed by atoms with Crippen molar-refractivity contribution >= 4 is 29.2 Å². The van der Waals surface area contributed by atoms with E-state index in [0.29, 0.717) is 23.8 Å². The number of unbranched alkanes of at least 4 members (excludes halogenated alkanes) is 1. The molecule has 4 unspecified atom stereocenters. The van der Waals surface area contributed by atoms with Crippen molar-refractivity contribution in [1.29, 1.82) is 0 Å². The van der Waals surface area contributed by atoms with E-state index >= 15 is 0 Å². The van der Waals surface area contributed by atoms with Gasteiger partial charge in [-0.3, -0.25) is 9.59 Å². The molecule has 3 aliphatic rings. The van der Waals surface area contributed by atoms with Gasteiger partial charge in [0.25, 0.3) is 0 Å². The summed E-state index contributed by atoms with van der Waals surface area (Å²) in [5, 5.41) is 4.01. The lowest BCUT2D eigenvalue weighted by Crippen LogP contribution is -2.49. The lowest BCUT2D eigenvalue weighted by atomic mass is 9.67. The van der Waals surface area contributed by atoms with Crippen molar-refractivity contribution in [1.82, 2.24) is 0 Å². The average molecular weight is 385 g/mol. The van der Waals surface area contributed by atoms with Crippen LogP contribution >= 0.6 is 11.8 Å². The van der Waals surface area contributed by atoms with E-state index in [-0.39, 0.29) is 23.6 Å². The van der Waals surface area contributed by atoms with Crippen LogP contribution in [-0.4, -0.2) is 30.2 Å². The third kappa shape index (κ3) is 3.55. The van der Waals surface area contributed by atoms with Gasteiger partial charge in [0.2, 0.25) is 5.90 Å². The molecule has 0 bridgehead atoms. The van der Waals surface area contributed by atoms with E-state index in [0.717, 1.165) is 24.2 Å². The highest BCUT2D eigenvalue weighted by Gasteiger charge is 2.54. The molecule has 0 spiro atoms. The van der Waals surface area contributed by atoms with E-state index in [9.17, 15) is 9.59 Å². The summed E-state index contributed by atoms with van der Waals surface area (Å²) in [6.07, 6.45) is 4.97. The van der Waals surface area contributed by atoms with Crippen molar-refractivity contribution in [2.45, 2.75) is 43.6 Å². The van der Waals surface area contributed by atoms with Gasteiger partial charge in [0.15, 0.2) is 11.6 Å². The summed E-state index contributed by atoms with van der Waals surface area (Å²) in [7, 11) is 0. The van der Waals surface area contributed by atoms with Crippen LogP contribution in [0.5, 0.6) is 0 Å². The molecule has 0 aromatic heterocycles. The van der Waals surface area contributed by atoms with Crippen LogP contribution in [0.1, 0.15) is 32.6 Å². The van der Waals surface area contributed by atoms with Gasteiger partial charge in [-0.05, 0) is 37.3 Å². The van der Waals surface area contributed by atoms with E-state index in [2.05, 4.69) is 12.1 Å². The maximum atomic E-state index is 13.2. The van der Waals surface area contributed by atoms with E-state index in [1.807, 2.05) is 36.4 Å². The Kier molecular flexibility index (Phi) is 5.34. The molecule has 27 heavy (non-hydrogen) atoms. The second kappa shape index (κ2) is 7.89. The van der Waals surface area contributed by atoms with Crippen molar-refractivity contribution in [3.05, 3.63) is 41.3 Å². The molecule has 1 aromatic rings. The molecule has 4 atom stereocenters. The molecule has 4 rings (SSSR count). The van der Waals surface area contributed by atoms with Crippen molar-refractivity contribution in [3.8, 4) is 0 Å². The van der Waals surface area contributed by atoms with Crippen LogP contribution in [0.15, 0.2) is 51.4 Å². The summed E-state index contributed by atoms with van der Waals surface area (Å²) in [5.74, 6) is -0.943. The van der Waals surface area contributed by atoms with Crippen LogP contribution in [0, 0.1) is 17.8 Å². The smallest absolute Gasteiger partial charge is 0.240 e. The van der Waals surface area contributed by atoms with E-state index in [4.69, 9.17) is 9.57 Å². The Morgan fingerprint density at radius 1 is 1.22 bits per heavy atom. The van der Waals surface area contributed by atoms with Crippen molar-refractivity contribution in [3.63, 3.8) is 0 Å². The topological polar surface area (TPSA) is 65.0 Å². The Balaban J connectivity index is 1.50. The van der Waals surface area contributed by atoms with Crippen LogP contribution in [0.2, 0.25) is 0 Å². The number of oxime groups is 1. The molecular formula is C21H23NO4S. The highest BCUT2D eigenvalue weighted by atomic mass is 32.2. The Hall–Kier alpha value is -2.08. The van der Waals surface area contributed by atoms with Gasteiger partial charge in [0, 0.05) is 4.90 Å². The first-order chi connectivity index (χ1) is 13.2. The van der Waals surface area contributed by atoms with Crippen LogP contribution in [-0.2, 0) is 19.2 Å². The first-order valence-electron chi connectivity index (χ1n) is 9.56. The van der Waals surface area contributed by atoms with E-state index < -0.39 is 11.8 Å². The molecule has 1 heterocycles. The minimum atomic E-state index is -0.607. The number of hydrogen-bond donors (Lipinski definition) is 0. The van der Waals surface area contributed by atoms with Gasteiger partial charge in [0.05, 0.1) is 17.4 Å². The SMILES string of the molecule is CCCCOC1=NOC2CC3CC=C(Sc4ccccc4)C(=O)C3C(=O)C12. The molecule has 2 aliphatic carbocycles. The molecule has 1 saturated carbocycles. The fourth-order valence-electron chi connectivity index (χ4n) is 3.97. The van der Waals surface area contributed by atoms with Gasteiger partial charge >= 0.3 is 0 Å². The monoisotopic (exact) mass is 385 g/mol. The zero-order valence-electron chi connectivity index (χ0n) is 15.3. The summed E-state index contributed by atoms with van der Waals surface area (Å²) >= 11 is 1.44. The van der Waals surface area contributed by atoms with Gasteiger partial charge in [-0.25, -0.2) is 0 Å². The Labute approximate surface area is 163 Å². The summed E-state index contributed by atoms with van der Waals surface area (Å²) in [5.41, 5.74) is 0. The first kappa shape index (κ1) is 18.3. The highest BCUT2D eigenvalue weighted by Crippen LogP contribution is 2.45. The summed E-state index contributed by atoms with van der Waals surface area (Å²) in [6, 6.07) is 9.78. The summed E-state index contributed by atoms with van der Waals surface area (Å²) < 4.78 is 5.69. The predicted molar refractivity (Wildman–Crippen MR) is 103 cm³/mol. The Bertz CT molecular complexity index is 789. The molecule has 0 saturated heterocycles. The molecule has 0 radical (unpaired) electrons. The number of allylic oxidation sites excluding steroid dienone is 2. The van der Waals surface area contributed by atoms with Crippen LogP contribution in [0.3, 0.4) is 0 Å². The summed E-state index contributed by atoms with van der Waals surface area (Å²) in [4.78, 5) is 33.4. The van der Waals surface area contributed by atoms with Crippen LogP contribution < -0.4 is 0 Å². The molecule has 1 aromatic carbocycles. The third-order valence-corrected chi connectivity index (χ3v) is 6.48. The Morgan fingerprint density at radius 2 is 2.04 bits per heavy atom. The molecule has 1 aliphatic heterocycles. The normalized spacial score (nSPS) is 29.4. The fraction of sp³-hybridized carbons (Fsp3) is 0.476. The predicted octanol–water partition coefficient (Wildman–Crippen LogP) is 3.99. The highest BCUT2D eigenvalue weighted by molar-refractivity contribution is 8.04. The number of Topliss-reactive ketones (excluding diaryl/α,β-unsaturated/α-hetero) is 2. The van der Waals surface area contributed by atoms with Gasteiger partial charge in [-0.1, -0.05) is 54.5 Å². The summed E-state index contributed by atoms with van der Waals surface area (Å²) in [6.45, 7) is 2.60. The minimum absolute atomic E-state index is 0.00318. The molecule has 0 amide bonds. The minimum Gasteiger partial charge on any atom is -0.478 e. The largest absolute Gasteiger partial charge is 0.478 e. The van der Waals surface area contributed by atoms with Crippen molar-refractivity contribution < 1.29 is 19.2 Å². The number of hydrogen-bond acceptors (Lipinski definition) is 6. The molecule has 142 valence electrons. The fourth-order valence-corrected chi connectivity index (χ4v) is 4.93. The van der Waals surface area contributed by atoms with E-state index in [1.54, 1.807) is 0 Å². The van der Waals surface area contributed by atoms with Gasteiger partial charge in [-0.2, -0.15) is 0 Å². The molecule has 5 nitrogen and oxygen atoms in total.